The van der Waals surface area contributed by atoms with Crippen LogP contribution in [0.5, 0.6) is 0 Å². The molecule has 1 aliphatic rings. The Bertz CT molecular complexity index is 1500. The molecule has 37 heavy (non-hydrogen) atoms. The molecule has 0 aliphatic carbocycles. The number of nitrogens with zero attached hydrogens (tertiary/aromatic N) is 2. The van der Waals surface area contributed by atoms with Gasteiger partial charge in [-0.3, -0.25) is 14.6 Å². The van der Waals surface area contributed by atoms with E-state index in [-0.39, 0.29) is 30.7 Å². The lowest BCUT2D eigenvalue weighted by Crippen LogP contribution is -2.28. The molecule has 2 aromatic carbocycles. The molecule has 0 saturated carbocycles. The summed E-state index contributed by atoms with van der Waals surface area (Å²) in [5, 5.41) is 3.85. The van der Waals surface area contributed by atoms with Crippen molar-refractivity contribution in [1.82, 2.24) is 20.2 Å². The van der Waals surface area contributed by atoms with E-state index in [1.54, 1.807) is 35.5 Å². The zero-order valence-corrected chi connectivity index (χ0v) is 20.9. The number of carbonyl (C=O) groups excluding carboxylic acids is 2. The molecule has 6 nitrogen and oxygen atoms in total. The molecular weight excluding hydrogens is 498 g/mol. The van der Waals surface area contributed by atoms with E-state index < -0.39 is 11.7 Å². The maximum absolute atomic E-state index is 15.0. The van der Waals surface area contributed by atoms with Crippen molar-refractivity contribution in [3.05, 3.63) is 99.5 Å². The summed E-state index contributed by atoms with van der Waals surface area (Å²) in [6.07, 6.45) is 6.54. The van der Waals surface area contributed by atoms with Gasteiger partial charge in [-0.2, -0.15) is 0 Å². The van der Waals surface area contributed by atoms with Gasteiger partial charge < -0.3 is 15.2 Å². The number of halogens is 3. The van der Waals surface area contributed by atoms with E-state index in [0.29, 0.717) is 44.7 Å². The molecule has 0 bridgehead atoms. The number of fused-ring (bicyclic) bond motifs is 1. The highest BCUT2D eigenvalue weighted by Gasteiger charge is 2.28. The second-order valence-electron chi connectivity index (χ2n) is 9.29. The fourth-order valence-corrected chi connectivity index (χ4v) is 5.11. The number of hydrogen-bond acceptors (Lipinski definition) is 3. The SMILES string of the molecule is CC(=O)N1CCCC1c1ccc(Cc2cncc(C(=O)NCc3cc4c(Cl)c[nH]c4cc3F)c2)c(F)c1. The standard InChI is InChI=1S/C28H25ClF2N4O2/c1-16(36)35-6-2-3-27(35)19-5-4-18(24(30)10-19)7-17-8-21(13-32-12-17)28(37)34-14-20-9-22-23(29)15-33-26(22)11-25(20)31/h4-5,8-13,15,27,33H,2-3,6-7,14H2,1H3,(H,34,37). The third-order valence-electron chi connectivity index (χ3n) is 6.81. The predicted molar refractivity (Wildman–Crippen MR) is 137 cm³/mol. The monoisotopic (exact) mass is 522 g/mol. The Labute approximate surface area is 217 Å². The largest absolute Gasteiger partial charge is 0.360 e. The van der Waals surface area contributed by atoms with Gasteiger partial charge in [0, 0.05) is 61.5 Å². The first-order valence-electron chi connectivity index (χ1n) is 12.0. The first kappa shape index (κ1) is 24.9. The molecule has 2 aromatic heterocycles. The molecule has 0 spiro atoms. The summed E-state index contributed by atoms with van der Waals surface area (Å²) >= 11 is 6.12. The normalized spacial score (nSPS) is 15.4. The minimum atomic E-state index is -0.457. The number of amides is 2. The van der Waals surface area contributed by atoms with Gasteiger partial charge in [-0.25, -0.2) is 8.78 Å². The molecule has 4 aromatic rings. The lowest BCUT2D eigenvalue weighted by atomic mass is 9.99. The maximum atomic E-state index is 15.0. The van der Waals surface area contributed by atoms with Gasteiger partial charge in [-0.15, -0.1) is 0 Å². The maximum Gasteiger partial charge on any atom is 0.253 e. The average Bonchev–Trinajstić information content (AvgIpc) is 3.51. The molecule has 2 amide bonds. The predicted octanol–water partition coefficient (Wildman–Crippen LogP) is 5.70. The van der Waals surface area contributed by atoms with Crippen molar-refractivity contribution in [3.63, 3.8) is 0 Å². The average molecular weight is 523 g/mol. The first-order chi connectivity index (χ1) is 17.8. The molecule has 5 rings (SSSR count). The van der Waals surface area contributed by atoms with Gasteiger partial charge in [0.15, 0.2) is 0 Å². The van der Waals surface area contributed by atoms with Crippen LogP contribution in [0, 0.1) is 11.6 Å². The molecule has 190 valence electrons. The van der Waals surface area contributed by atoms with Gasteiger partial charge in [0.05, 0.1) is 16.6 Å². The fourth-order valence-electron chi connectivity index (χ4n) is 4.90. The first-order valence-corrected chi connectivity index (χ1v) is 12.4. The van der Waals surface area contributed by atoms with Crippen LogP contribution < -0.4 is 5.32 Å². The van der Waals surface area contributed by atoms with Crippen molar-refractivity contribution < 1.29 is 18.4 Å². The number of pyridine rings is 1. The highest BCUT2D eigenvalue weighted by molar-refractivity contribution is 6.35. The van der Waals surface area contributed by atoms with Crippen LogP contribution in [-0.4, -0.2) is 33.2 Å². The zero-order chi connectivity index (χ0) is 26.1. The van der Waals surface area contributed by atoms with Crippen LogP contribution in [0.1, 0.15) is 58.4 Å². The van der Waals surface area contributed by atoms with Crippen LogP contribution in [0.3, 0.4) is 0 Å². The molecule has 0 radical (unpaired) electrons. The van der Waals surface area contributed by atoms with Gasteiger partial charge in [-0.1, -0.05) is 23.7 Å². The Morgan fingerprint density at radius 1 is 1.14 bits per heavy atom. The van der Waals surface area contributed by atoms with E-state index in [1.807, 2.05) is 6.07 Å². The summed E-state index contributed by atoms with van der Waals surface area (Å²) < 4.78 is 29.4. The van der Waals surface area contributed by atoms with E-state index in [4.69, 9.17) is 11.6 Å². The molecule has 2 N–H and O–H groups in total. The Morgan fingerprint density at radius 3 is 2.73 bits per heavy atom. The van der Waals surface area contributed by atoms with E-state index in [1.165, 1.54) is 25.3 Å². The van der Waals surface area contributed by atoms with Crippen molar-refractivity contribution >= 4 is 34.3 Å². The number of hydrogen-bond donors (Lipinski definition) is 2. The molecular formula is C28H25ClF2N4O2. The molecule has 1 saturated heterocycles. The van der Waals surface area contributed by atoms with Crippen LogP contribution in [0.4, 0.5) is 8.78 Å². The summed E-state index contributed by atoms with van der Waals surface area (Å²) in [5.74, 6) is -1.25. The highest BCUT2D eigenvalue weighted by Crippen LogP contribution is 2.33. The smallest absolute Gasteiger partial charge is 0.253 e. The summed E-state index contributed by atoms with van der Waals surface area (Å²) in [5.41, 5.74) is 3.09. The van der Waals surface area contributed by atoms with E-state index in [0.717, 1.165) is 18.4 Å². The van der Waals surface area contributed by atoms with Crippen LogP contribution in [0.2, 0.25) is 5.02 Å². The van der Waals surface area contributed by atoms with Gasteiger partial charge in [0.1, 0.15) is 11.6 Å². The van der Waals surface area contributed by atoms with Crippen molar-refractivity contribution in [1.29, 1.82) is 0 Å². The number of aromatic nitrogens is 2. The van der Waals surface area contributed by atoms with Gasteiger partial charge in [-0.05, 0) is 53.8 Å². The summed E-state index contributed by atoms with van der Waals surface area (Å²) in [7, 11) is 0. The number of likely N-dealkylation sites (tertiary alicyclic amines) is 1. The topological polar surface area (TPSA) is 78.1 Å². The summed E-state index contributed by atoms with van der Waals surface area (Å²) in [6, 6.07) is 9.56. The van der Waals surface area contributed by atoms with Gasteiger partial charge in [0.25, 0.3) is 5.91 Å². The lowest BCUT2D eigenvalue weighted by Gasteiger charge is -2.24. The number of benzene rings is 2. The Balaban J connectivity index is 1.27. The molecule has 1 unspecified atom stereocenters. The number of rotatable bonds is 6. The zero-order valence-electron chi connectivity index (χ0n) is 20.2. The van der Waals surface area contributed by atoms with E-state index >= 15 is 0 Å². The quantitative estimate of drug-likeness (QED) is 0.341. The van der Waals surface area contributed by atoms with Crippen LogP contribution in [0.25, 0.3) is 10.9 Å². The molecule has 3 heterocycles. The number of H-pyrrole nitrogens is 1. The fraction of sp³-hybridized carbons (Fsp3) is 0.250. The molecule has 1 aliphatic heterocycles. The van der Waals surface area contributed by atoms with E-state index in [2.05, 4.69) is 15.3 Å². The van der Waals surface area contributed by atoms with Crippen molar-refractivity contribution in [2.75, 3.05) is 6.54 Å². The third kappa shape index (κ3) is 5.20. The van der Waals surface area contributed by atoms with Crippen LogP contribution in [0.15, 0.2) is 55.0 Å². The van der Waals surface area contributed by atoms with E-state index in [9.17, 15) is 18.4 Å². The Hall–Kier alpha value is -3.78. The van der Waals surface area contributed by atoms with Crippen molar-refractivity contribution in [2.24, 2.45) is 0 Å². The number of carbonyl (C=O) groups is 2. The Morgan fingerprint density at radius 2 is 1.95 bits per heavy atom. The molecule has 9 heteroatoms. The van der Waals surface area contributed by atoms with Gasteiger partial charge >= 0.3 is 0 Å². The minimum absolute atomic E-state index is 0.00953. The molecule has 1 fully saturated rings. The van der Waals surface area contributed by atoms with Crippen molar-refractivity contribution in [2.45, 2.75) is 38.8 Å². The Kier molecular flexibility index (Phi) is 6.93. The number of nitrogens with one attached hydrogen (secondary N) is 2. The summed E-state index contributed by atoms with van der Waals surface area (Å²) in [6.45, 7) is 2.19. The lowest BCUT2D eigenvalue weighted by molar-refractivity contribution is -0.129. The third-order valence-corrected chi connectivity index (χ3v) is 7.12. The number of aromatic amines is 1. The molecule has 1 atom stereocenters. The van der Waals surface area contributed by atoms with Gasteiger partial charge in [0.2, 0.25) is 5.91 Å². The second kappa shape index (κ2) is 10.3. The minimum Gasteiger partial charge on any atom is -0.360 e. The second-order valence-corrected chi connectivity index (χ2v) is 9.70. The highest BCUT2D eigenvalue weighted by atomic mass is 35.5. The summed E-state index contributed by atoms with van der Waals surface area (Å²) in [4.78, 5) is 33.4. The van der Waals surface area contributed by atoms with Crippen molar-refractivity contribution in [3.8, 4) is 0 Å². The van der Waals surface area contributed by atoms with Crippen LogP contribution >= 0.6 is 11.6 Å². The van der Waals surface area contributed by atoms with Crippen LogP contribution in [-0.2, 0) is 17.8 Å².